The molecular weight excluding hydrogens is 638 g/mol. The van der Waals surface area contributed by atoms with Crippen LogP contribution in [-0.2, 0) is 15.9 Å². The maximum atomic E-state index is 4.81. The first-order valence-electron chi connectivity index (χ1n) is 12.4. The van der Waals surface area contributed by atoms with Gasteiger partial charge in [0.1, 0.15) is 12.6 Å². The number of nitrogens with zero attached hydrogens (tertiary/aromatic N) is 1. The Hall–Kier alpha value is -2.00. The normalized spacial score (nSPS) is 10.7. The van der Waals surface area contributed by atoms with Gasteiger partial charge in [-0.05, 0) is 60.7 Å². The molecule has 6 heteroatoms. The number of halogens is 2. The summed E-state index contributed by atoms with van der Waals surface area (Å²) in [7, 11) is 7.61. The van der Waals surface area contributed by atoms with Gasteiger partial charge in [0.05, 0.1) is 37.1 Å². The maximum Gasteiger partial charge on any atom is 0.140 e. The van der Waals surface area contributed by atoms with E-state index in [0.717, 1.165) is 12.6 Å². The van der Waals surface area contributed by atoms with Crippen molar-refractivity contribution < 1.29 is 15.9 Å². The minimum absolute atomic E-state index is 0.106. The molecule has 0 saturated carbocycles. The number of anilines is 1. The zero-order valence-corrected chi connectivity index (χ0v) is 25.9. The maximum absolute atomic E-state index is 4.81. The third-order valence-corrected chi connectivity index (χ3v) is 11.8. The van der Waals surface area contributed by atoms with Crippen LogP contribution >= 0.6 is 34.9 Å². The minimum Gasteiger partial charge on any atom is -0.306 e. The SMILES string of the molecule is [Cl][Pd][Cl].c1ccc(N(C[PH+](c2ccccc2)c2ccccc2)C[PH+](c2ccccc2)c2ccccc2)cc1. The second kappa shape index (κ2) is 16.2. The van der Waals surface area contributed by atoms with Crippen LogP contribution in [0.15, 0.2) is 152 Å². The van der Waals surface area contributed by atoms with Crippen LogP contribution < -0.4 is 26.1 Å². The molecule has 38 heavy (non-hydrogen) atoms. The second-order valence-electron chi connectivity index (χ2n) is 8.66. The summed E-state index contributed by atoms with van der Waals surface area (Å²) in [5.74, 6) is 0. The van der Waals surface area contributed by atoms with Crippen molar-refractivity contribution in [3.8, 4) is 0 Å². The average Bonchev–Trinajstić information content (AvgIpc) is 3.00. The quantitative estimate of drug-likeness (QED) is 0.116. The fraction of sp³-hybridized carbons (Fsp3) is 0.0625. The molecule has 0 aliphatic rings. The molecule has 5 aromatic rings. The standard InChI is InChI=1S/C32H29NP2.2ClH.Pd/c1-6-16-28(17-7-1)33(26-34(29-18-8-2-9-19-29)30-20-10-3-11-21-30)27-35(31-22-12-4-13-23-31)32-24-14-5-15-25-32;;;/h1-25H,26-27H2;2*1H;/q;;;+2. The van der Waals surface area contributed by atoms with Gasteiger partial charge in [-0.2, -0.15) is 0 Å². The minimum atomic E-state index is -1.01. The number of hydrogen-bond acceptors (Lipinski definition) is 1. The predicted octanol–water partition coefficient (Wildman–Crippen LogP) is 7.51. The van der Waals surface area contributed by atoms with Crippen LogP contribution in [0.5, 0.6) is 0 Å². The molecule has 0 N–H and O–H groups in total. The molecule has 0 aliphatic carbocycles. The van der Waals surface area contributed by atoms with Gasteiger partial charge in [0.2, 0.25) is 0 Å². The van der Waals surface area contributed by atoms with Crippen LogP contribution in [-0.4, -0.2) is 12.6 Å². The number of para-hydroxylation sites is 1. The van der Waals surface area contributed by atoms with Crippen LogP contribution in [0, 0.1) is 0 Å². The largest absolute Gasteiger partial charge is 0.306 e. The van der Waals surface area contributed by atoms with Gasteiger partial charge in [-0.25, -0.2) is 0 Å². The van der Waals surface area contributed by atoms with E-state index in [4.69, 9.17) is 19.1 Å². The first-order chi connectivity index (χ1) is 18.8. The summed E-state index contributed by atoms with van der Waals surface area (Å²) in [6.07, 6.45) is 2.05. The summed E-state index contributed by atoms with van der Waals surface area (Å²) >= 11 is -0.106. The summed E-state index contributed by atoms with van der Waals surface area (Å²) < 4.78 is 0. The van der Waals surface area contributed by atoms with Gasteiger partial charge in [-0.15, -0.1) is 0 Å². The van der Waals surface area contributed by atoms with Gasteiger partial charge in [-0.1, -0.05) is 91.0 Å². The predicted molar refractivity (Wildman–Crippen MR) is 171 cm³/mol. The van der Waals surface area contributed by atoms with E-state index in [9.17, 15) is 0 Å². The van der Waals surface area contributed by atoms with Crippen LogP contribution in [0.2, 0.25) is 0 Å². The van der Waals surface area contributed by atoms with E-state index in [1.165, 1.54) is 26.9 Å². The van der Waals surface area contributed by atoms with Crippen molar-refractivity contribution in [1.29, 1.82) is 0 Å². The molecule has 0 amide bonds. The fourth-order valence-corrected chi connectivity index (χ4v) is 9.87. The summed E-state index contributed by atoms with van der Waals surface area (Å²) in [6, 6.07) is 55.4. The van der Waals surface area contributed by atoms with Gasteiger partial charge in [0.15, 0.2) is 0 Å². The monoisotopic (exact) mass is 667 g/mol. The zero-order valence-electron chi connectivity index (χ0n) is 20.9. The molecule has 0 spiro atoms. The van der Waals surface area contributed by atoms with E-state index < -0.39 is 15.8 Å². The van der Waals surface area contributed by atoms with Gasteiger partial charge >= 0.3 is 35.0 Å². The molecule has 0 atom stereocenters. The Kier molecular flexibility index (Phi) is 12.4. The van der Waals surface area contributed by atoms with Crippen LogP contribution in [0.3, 0.4) is 0 Å². The summed E-state index contributed by atoms with van der Waals surface area (Å²) in [5.41, 5.74) is 1.30. The fourth-order valence-electron chi connectivity index (χ4n) is 4.51. The molecule has 0 saturated heterocycles. The Morgan fingerprint density at radius 1 is 0.421 bits per heavy atom. The van der Waals surface area contributed by atoms with Crippen molar-refractivity contribution in [2.24, 2.45) is 0 Å². The Morgan fingerprint density at radius 3 is 0.921 bits per heavy atom. The van der Waals surface area contributed by atoms with Crippen LogP contribution in [0.4, 0.5) is 5.69 Å². The van der Waals surface area contributed by atoms with Gasteiger partial charge < -0.3 is 4.90 Å². The molecule has 0 unspecified atom stereocenters. The van der Waals surface area contributed by atoms with Crippen molar-refractivity contribution in [2.75, 3.05) is 17.5 Å². The molecule has 5 aromatic carbocycles. The van der Waals surface area contributed by atoms with Crippen molar-refractivity contribution in [3.63, 3.8) is 0 Å². The van der Waals surface area contributed by atoms with E-state index in [0.29, 0.717) is 0 Å². The topological polar surface area (TPSA) is 3.24 Å². The zero-order chi connectivity index (χ0) is 26.4. The Morgan fingerprint density at radius 2 is 0.658 bits per heavy atom. The van der Waals surface area contributed by atoms with Gasteiger partial charge in [-0.3, -0.25) is 0 Å². The van der Waals surface area contributed by atoms with Crippen molar-refractivity contribution in [1.82, 2.24) is 0 Å². The van der Waals surface area contributed by atoms with E-state index in [-0.39, 0.29) is 15.9 Å². The van der Waals surface area contributed by atoms with E-state index in [1.807, 2.05) is 0 Å². The molecule has 0 aromatic heterocycles. The molecule has 0 fully saturated rings. The second-order valence-corrected chi connectivity index (χ2v) is 15.9. The summed E-state index contributed by atoms with van der Waals surface area (Å²) in [4.78, 5) is 2.66. The van der Waals surface area contributed by atoms with Crippen molar-refractivity contribution in [2.45, 2.75) is 0 Å². The molecule has 196 valence electrons. The van der Waals surface area contributed by atoms with Crippen molar-refractivity contribution >= 4 is 61.8 Å². The first kappa shape index (κ1) is 29.0. The number of benzene rings is 5. The number of rotatable bonds is 9. The molecule has 1 nitrogen and oxygen atoms in total. The Bertz CT molecular complexity index is 1150. The summed E-state index contributed by atoms with van der Waals surface area (Å²) in [5, 5.41) is 5.83. The molecular formula is C32H31Cl2NP2Pd+2. The Balaban J connectivity index is 0.00000107. The molecule has 0 aliphatic heterocycles. The average molecular weight is 669 g/mol. The Labute approximate surface area is 245 Å². The van der Waals surface area contributed by atoms with Crippen LogP contribution in [0.1, 0.15) is 0 Å². The third kappa shape index (κ3) is 8.50. The summed E-state index contributed by atoms with van der Waals surface area (Å²) in [6.45, 7) is 0. The van der Waals surface area contributed by atoms with Gasteiger partial charge in [0.25, 0.3) is 0 Å². The van der Waals surface area contributed by atoms with E-state index in [2.05, 4.69) is 157 Å². The van der Waals surface area contributed by atoms with Crippen molar-refractivity contribution in [3.05, 3.63) is 152 Å². The molecule has 5 rings (SSSR count). The third-order valence-electron chi connectivity index (χ3n) is 6.31. The molecule has 0 radical (unpaired) electrons. The number of hydrogen-bond donors (Lipinski definition) is 0. The van der Waals surface area contributed by atoms with Crippen LogP contribution in [0.25, 0.3) is 0 Å². The first-order valence-corrected chi connectivity index (χ1v) is 19.8. The molecule has 0 heterocycles. The smallest absolute Gasteiger partial charge is 0.140 e. The van der Waals surface area contributed by atoms with E-state index in [1.54, 1.807) is 0 Å². The molecule has 0 bridgehead atoms. The van der Waals surface area contributed by atoms with Gasteiger partial charge in [0, 0.05) is 5.69 Å². The van der Waals surface area contributed by atoms with E-state index >= 15 is 0 Å².